The van der Waals surface area contributed by atoms with Crippen molar-refractivity contribution in [2.24, 2.45) is 0 Å². The van der Waals surface area contributed by atoms with Gasteiger partial charge in [0, 0.05) is 19.4 Å². The number of benzene rings is 1. The summed E-state index contributed by atoms with van der Waals surface area (Å²) in [5.74, 6) is -0.0114. The number of hydrogen-bond acceptors (Lipinski definition) is 6. The van der Waals surface area contributed by atoms with E-state index in [1.165, 1.54) is 13.3 Å². The van der Waals surface area contributed by atoms with Gasteiger partial charge < -0.3 is 24.8 Å². The zero-order valence-corrected chi connectivity index (χ0v) is 14.2. The van der Waals surface area contributed by atoms with Crippen molar-refractivity contribution in [1.29, 1.82) is 5.26 Å². The number of nitrogens with one attached hydrogen (secondary N) is 2. The van der Waals surface area contributed by atoms with Crippen LogP contribution in [0.1, 0.15) is 13.8 Å². The summed E-state index contributed by atoms with van der Waals surface area (Å²) < 4.78 is 15.9. The first-order valence-electron chi connectivity index (χ1n) is 7.67. The van der Waals surface area contributed by atoms with E-state index in [0.29, 0.717) is 31.2 Å². The normalized spacial score (nSPS) is 11.0. The summed E-state index contributed by atoms with van der Waals surface area (Å²) >= 11 is 0. The number of rotatable bonds is 10. The van der Waals surface area contributed by atoms with Crippen LogP contribution >= 0.6 is 0 Å². The van der Waals surface area contributed by atoms with Crippen molar-refractivity contribution in [2.75, 3.05) is 32.2 Å². The monoisotopic (exact) mass is 333 g/mol. The first-order valence-corrected chi connectivity index (χ1v) is 7.67. The Bertz CT molecular complexity index is 590. The zero-order chi connectivity index (χ0) is 17.8. The van der Waals surface area contributed by atoms with Gasteiger partial charge in [0.25, 0.3) is 5.91 Å². The Labute approximate surface area is 142 Å². The maximum absolute atomic E-state index is 12.2. The summed E-state index contributed by atoms with van der Waals surface area (Å²) in [6, 6.07) is 8.83. The van der Waals surface area contributed by atoms with Gasteiger partial charge in [-0.3, -0.25) is 4.79 Å². The molecule has 0 fully saturated rings. The fourth-order valence-electron chi connectivity index (χ4n) is 1.88. The van der Waals surface area contributed by atoms with Crippen LogP contribution in [0.3, 0.4) is 0 Å². The predicted molar refractivity (Wildman–Crippen MR) is 90.4 cm³/mol. The second-order valence-electron chi connectivity index (χ2n) is 4.57. The molecule has 0 aliphatic rings. The van der Waals surface area contributed by atoms with Crippen molar-refractivity contribution in [1.82, 2.24) is 5.32 Å². The summed E-state index contributed by atoms with van der Waals surface area (Å²) in [7, 11) is 1.51. The lowest BCUT2D eigenvalue weighted by molar-refractivity contribution is -0.131. The van der Waals surface area contributed by atoms with Crippen LogP contribution in [0.25, 0.3) is 0 Å². The molecule has 0 atom stereocenters. The minimum atomic E-state index is -0.529. The second kappa shape index (κ2) is 11.0. The van der Waals surface area contributed by atoms with Gasteiger partial charge in [-0.25, -0.2) is 0 Å². The Kier molecular flexibility index (Phi) is 8.97. The second-order valence-corrected chi connectivity index (χ2v) is 4.57. The fourth-order valence-corrected chi connectivity index (χ4v) is 1.88. The van der Waals surface area contributed by atoms with E-state index in [4.69, 9.17) is 19.5 Å². The molecule has 0 unspecified atom stereocenters. The molecular formula is C17H23N3O4. The standard InChI is InChI=1S/C17H23N3O4/c1-4-23-16(24-5-2)12-19-11-13(10-18)17(21)20-14-8-6-7-9-15(14)22-3/h6-9,11,16,19H,4-5,12H2,1-3H3,(H,20,21)/b13-11-. The van der Waals surface area contributed by atoms with E-state index in [1.807, 2.05) is 19.9 Å². The first kappa shape index (κ1) is 19.5. The number of ether oxygens (including phenoxy) is 3. The van der Waals surface area contributed by atoms with Crippen LogP contribution in [-0.4, -0.2) is 39.1 Å². The van der Waals surface area contributed by atoms with E-state index in [2.05, 4.69) is 10.6 Å². The molecule has 0 spiro atoms. The topological polar surface area (TPSA) is 92.6 Å². The molecule has 0 saturated carbocycles. The largest absolute Gasteiger partial charge is 0.495 e. The Hall–Kier alpha value is -2.56. The van der Waals surface area contributed by atoms with Gasteiger partial charge in [0.1, 0.15) is 17.4 Å². The number of amides is 1. The van der Waals surface area contributed by atoms with Gasteiger partial charge >= 0.3 is 0 Å². The van der Waals surface area contributed by atoms with Crippen LogP contribution in [0.2, 0.25) is 0 Å². The van der Waals surface area contributed by atoms with E-state index in [-0.39, 0.29) is 5.57 Å². The minimum Gasteiger partial charge on any atom is -0.495 e. The Morgan fingerprint density at radius 1 is 1.29 bits per heavy atom. The molecule has 1 amide bonds. The summed E-state index contributed by atoms with van der Waals surface area (Å²) in [6.07, 6.45) is 0.906. The molecule has 0 bridgehead atoms. The van der Waals surface area contributed by atoms with E-state index < -0.39 is 12.2 Å². The Morgan fingerprint density at radius 3 is 2.54 bits per heavy atom. The lowest BCUT2D eigenvalue weighted by Crippen LogP contribution is -2.29. The van der Waals surface area contributed by atoms with Crippen LogP contribution in [0, 0.1) is 11.3 Å². The van der Waals surface area contributed by atoms with Crippen molar-refractivity contribution < 1.29 is 19.0 Å². The van der Waals surface area contributed by atoms with Crippen molar-refractivity contribution in [3.63, 3.8) is 0 Å². The van der Waals surface area contributed by atoms with Gasteiger partial charge in [0.05, 0.1) is 19.3 Å². The molecule has 1 aromatic rings. The molecule has 2 N–H and O–H groups in total. The van der Waals surface area contributed by atoms with Gasteiger partial charge in [0.2, 0.25) is 0 Å². The van der Waals surface area contributed by atoms with Gasteiger partial charge in [-0.1, -0.05) is 12.1 Å². The average molecular weight is 333 g/mol. The van der Waals surface area contributed by atoms with Crippen molar-refractivity contribution in [2.45, 2.75) is 20.1 Å². The van der Waals surface area contributed by atoms with Gasteiger partial charge in [0.15, 0.2) is 6.29 Å². The number of nitrogens with zero attached hydrogens (tertiary/aromatic N) is 1. The van der Waals surface area contributed by atoms with Crippen LogP contribution < -0.4 is 15.4 Å². The fraction of sp³-hybridized carbons (Fsp3) is 0.412. The lowest BCUT2D eigenvalue weighted by atomic mass is 10.2. The molecule has 0 radical (unpaired) electrons. The summed E-state index contributed by atoms with van der Waals surface area (Å²) in [5, 5.41) is 14.7. The Balaban J connectivity index is 2.67. The highest BCUT2D eigenvalue weighted by Crippen LogP contribution is 2.23. The molecule has 7 nitrogen and oxygen atoms in total. The van der Waals surface area contributed by atoms with E-state index in [0.717, 1.165) is 0 Å². The highest BCUT2D eigenvalue weighted by molar-refractivity contribution is 6.07. The number of hydrogen-bond donors (Lipinski definition) is 2. The van der Waals surface area contributed by atoms with Gasteiger partial charge in [-0.05, 0) is 26.0 Å². The highest BCUT2D eigenvalue weighted by atomic mass is 16.7. The van der Waals surface area contributed by atoms with Crippen LogP contribution in [-0.2, 0) is 14.3 Å². The van der Waals surface area contributed by atoms with Crippen LogP contribution in [0.15, 0.2) is 36.0 Å². The molecule has 130 valence electrons. The molecule has 0 saturated heterocycles. The average Bonchev–Trinajstić information content (AvgIpc) is 2.59. The van der Waals surface area contributed by atoms with Crippen LogP contribution in [0.4, 0.5) is 5.69 Å². The van der Waals surface area contributed by atoms with E-state index >= 15 is 0 Å². The summed E-state index contributed by atoms with van der Waals surface area (Å²) in [6.45, 7) is 5.08. The molecular weight excluding hydrogens is 310 g/mol. The van der Waals surface area contributed by atoms with Gasteiger partial charge in [-0.15, -0.1) is 0 Å². The third-order valence-corrected chi connectivity index (χ3v) is 2.96. The third kappa shape index (κ3) is 6.28. The zero-order valence-electron chi connectivity index (χ0n) is 14.2. The number of anilines is 1. The van der Waals surface area contributed by atoms with Gasteiger partial charge in [-0.2, -0.15) is 5.26 Å². The van der Waals surface area contributed by atoms with Crippen molar-refractivity contribution in [3.05, 3.63) is 36.0 Å². The lowest BCUT2D eigenvalue weighted by Gasteiger charge is -2.16. The smallest absolute Gasteiger partial charge is 0.267 e. The van der Waals surface area contributed by atoms with Crippen LogP contribution in [0.5, 0.6) is 5.75 Å². The molecule has 0 heterocycles. The number of carbonyl (C=O) groups is 1. The minimum absolute atomic E-state index is 0.0624. The molecule has 24 heavy (non-hydrogen) atoms. The number of nitriles is 1. The maximum atomic E-state index is 12.2. The van der Waals surface area contributed by atoms with E-state index in [1.54, 1.807) is 24.3 Å². The molecule has 0 aliphatic heterocycles. The SMILES string of the molecule is CCOC(CN/C=C(/C#N)C(=O)Nc1ccccc1OC)OCC. The van der Waals surface area contributed by atoms with Crippen molar-refractivity contribution in [3.8, 4) is 11.8 Å². The highest BCUT2D eigenvalue weighted by Gasteiger charge is 2.12. The molecule has 0 aromatic heterocycles. The quantitative estimate of drug-likeness (QED) is 0.387. The molecule has 7 heteroatoms. The third-order valence-electron chi connectivity index (χ3n) is 2.96. The molecule has 0 aliphatic carbocycles. The number of methoxy groups -OCH3 is 1. The summed E-state index contributed by atoms with van der Waals surface area (Å²) in [5.41, 5.74) is 0.431. The first-order chi connectivity index (χ1) is 11.7. The predicted octanol–water partition coefficient (Wildman–Crippen LogP) is 2.03. The Morgan fingerprint density at radius 2 is 1.96 bits per heavy atom. The van der Waals surface area contributed by atoms with Crippen molar-refractivity contribution >= 4 is 11.6 Å². The number of para-hydroxylation sites is 2. The maximum Gasteiger partial charge on any atom is 0.267 e. The van der Waals surface area contributed by atoms with E-state index in [9.17, 15) is 4.79 Å². The summed E-state index contributed by atoms with van der Waals surface area (Å²) in [4.78, 5) is 12.2. The number of carbonyl (C=O) groups excluding carboxylic acids is 1. The molecule has 1 aromatic carbocycles. The molecule has 1 rings (SSSR count).